The van der Waals surface area contributed by atoms with Crippen LogP contribution < -0.4 is 0 Å². The summed E-state index contributed by atoms with van der Waals surface area (Å²) in [5.74, 6) is 0.749. The summed E-state index contributed by atoms with van der Waals surface area (Å²) in [5, 5.41) is 10.2. The molecule has 2 aromatic heterocycles. The minimum atomic E-state index is 0.352. The molecule has 0 fully saturated rings. The summed E-state index contributed by atoms with van der Waals surface area (Å²) in [4.78, 5) is 3.71. The Morgan fingerprint density at radius 2 is 2.40 bits per heavy atom. The highest BCUT2D eigenvalue weighted by Gasteiger charge is 2.06. The van der Waals surface area contributed by atoms with Gasteiger partial charge in [0.05, 0.1) is 0 Å². The Morgan fingerprint density at radius 1 is 1.40 bits per heavy atom. The van der Waals surface area contributed by atoms with E-state index >= 15 is 0 Å². The molecule has 2 rings (SSSR count). The monoisotopic (exact) mass is 138 g/mol. The highest BCUT2D eigenvalue weighted by Crippen LogP contribution is 2.09. The molecule has 0 saturated heterocycles. The topological polar surface area (TPSA) is 77.8 Å². The second-order valence-electron chi connectivity index (χ2n) is 1.54. The second-order valence-corrected chi connectivity index (χ2v) is 1.54. The molecule has 0 radical (unpaired) electrons. The summed E-state index contributed by atoms with van der Waals surface area (Å²) < 4.78 is 9.09. The van der Waals surface area contributed by atoms with E-state index in [0.29, 0.717) is 11.6 Å². The first-order valence-corrected chi connectivity index (χ1v) is 2.51. The van der Waals surface area contributed by atoms with Crippen molar-refractivity contribution in [1.29, 1.82) is 0 Å². The first-order valence-electron chi connectivity index (χ1n) is 2.51. The van der Waals surface area contributed by atoms with E-state index in [1.165, 1.54) is 12.6 Å². The Kier molecular flexibility index (Phi) is 0.970. The molecule has 0 saturated carbocycles. The summed E-state index contributed by atoms with van der Waals surface area (Å²) >= 11 is 0. The molecule has 0 amide bonds. The highest BCUT2D eigenvalue weighted by atomic mass is 16.5. The van der Waals surface area contributed by atoms with Crippen LogP contribution in [0, 0.1) is 0 Å². The van der Waals surface area contributed by atoms with Gasteiger partial charge in [-0.2, -0.15) is 4.98 Å². The average Bonchev–Trinajstić information content (AvgIpc) is 2.59. The summed E-state index contributed by atoms with van der Waals surface area (Å²) in [6.45, 7) is 0. The third kappa shape index (κ3) is 0.661. The zero-order valence-electron chi connectivity index (χ0n) is 4.76. The molecule has 2 heterocycles. The SMILES string of the molecule is c1nc(-c2cnno2)no1. The van der Waals surface area contributed by atoms with E-state index in [9.17, 15) is 0 Å². The number of aromatic nitrogens is 4. The number of hydrogen-bond donors (Lipinski definition) is 0. The Balaban J connectivity index is 2.48. The minimum Gasteiger partial charge on any atom is -0.342 e. The van der Waals surface area contributed by atoms with Gasteiger partial charge in [0.25, 0.3) is 0 Å². The Labute approximate surface area is 54.8 Å². The van der Waals surface area contributed by atoms with Gasteiger partial charge in [-0.05, 0) is 0 Å². The fourth-order valence-electron chi connectivity index (χ4n) is 0.545. The average molecular weight is 138 g/mol. The summed E-state index contributed by atoms with van der Waals surface area (Å²) in [5.41, 5.74) is 0. The van der Waals surface area contributed by atoms with Crippen LogP contribution in [0.25, 0.3) is 11.6 Å². The van der Waals surface area contributed by atoms with Crippen LogP contribution in [0.3, 0.4) is 0 Å². The van der Waals surface area contributed by atoms with E-state index in [4.69, 9.17) is 0 Å². The van der Waals surface area contributed by atoms with Gasteiger partial charge in [-0.25, -0.2) is 0 Å². The minimum absolute atomic E-state index is 0.352. The summed E-state index contributed by atoms with van der Waals surface area (Å²) in [7, 11) is 0. The largest absolute Gasteiger partial charge is 0.342 e. The van der Waals surface area contributed by atoms with Crippen LogP contribution in [-0.2, 0) is 0 Å². The molecular weight excluding hydrogens is 136 g/mol. The molecule has 2 aromatic rings. The van der Waals surface area contributed by atoms with Crippen molar-refractivity contribution in [2.75, 3.05) is 0 Å². The predicted molar refractivity (Wildman–Crippen MR) is 27.6 cm³/mol. The number of hydrogen-bond acceptors (Lipinski definition) is 6. The first kappa shape index (κ1) is 5.10. The van der Waals surface area contributed by atoms with Crippen molar-refractivity contribution in [1.82, 2.24) is 20.5 Å². The Morgan fingerprint density at radius 3 is 3.00 bits per heavy atom. The molecule has 6 nitrogen and oxygen atoms in total. The van der Waals surface area contributed by atoms with Crippen molar-refractivity contribution in [3.63, 3.8) is 0 Å². The lowest BCUT2D eigenvalue weighted by molar-refractivity contribution is 0.391. The second kappa shape index (κ2) is 1.90. The molecule has 0 spiro atoms. The van der Waals surface area contributed by atoms with Crippen LogP contribution in [0.15, 0.2) is 21.6 Å². The predicted octanol–water partition coefficient (Wildman–Crippen LogP) is 0.120. The van der Waals surface area contributed by atoms with Gasteiger partial charge >= 0.3 is 0 Å². The zero-order valence-corrected chi connectivity index (χ0v) is 4.76. The maximum Gasteiger partial charge on any atom is 0.242 e. The maximum absolute atomic E-state index is 4.63. The Bertz CT molecular complexity index is 255. The lowest BCUT2D eigenvalue weighted by Gasteiger charge is -1.76. The van der Waals surface area contributed by atoms with E-state index in [0.717, 1.165) is 0 Å². The van der Waals surface area contributed by atoms with Gasteiger partial charge in [-0.15, -0.1) is 5.10 Å². The smallest absolute Gasteiger partial charge is 0.242 e. The van der Waals surface area contributed by atoms with E-state index < -0.39 is 0 Å². The lowest BCUT2D eigenvalue weighted by Crippen LogP contribution is -1.73. The van der Waals surface area contributed by atoms with Crippen LogP contribution in [0.5, 0.6) is 0 Å². The van der Waals surface area contributed by atoms with Gasteiger partial charge in [0.1, 0.15) is 6.20 Å². The first-order chi connectivity index (χ1) is 4.97. The van der Waals surface area contributed by atoms with Gasteiger partial charge < -0.3 is 9.05 Å². The molecule has 0 aromatic carbocycles. The number of rotatable bonds is 1. The van der Waals surface area contributed by atoms with Crippen molar-refractivity contribution < 1.29 is 9.05 Å². The third-order valence-electron chi connectivity index (χ3n) is 0.943. The molecule has 0 aliphatic carbocycles. The van der Waals surface area contributed by atoms with E-state index in [2.05, 4.69) is 29.6 Å². The van der Waals surface area contributed by atoms with Crippen molar-refractivity contribution >= 4 is 0 Å². The quantitative estimate of drug-likeness (QED) is 0.556. The lowest BCUT2D eigenvalue weighted by atomic mass is 10.5. The standard InChI is InChI=1S/C4H2N4O2/c1-3(10-8-6-1)4-5-2-9-7-4/h1-2H. The molecule has 0 unspecified atom stereocenters. The van der Waals surface area contributed by atoms with Crippen molar-refractivity contribution in [2.45, 2.75) is 0 Å². The summed E-state index contributed by atoms with van der Waals surface area (Å²) in [6.07, 6.45) is 2.61. The molecule has 0 aliphatic rings. The molecule has 6 heteroatoms. The van der Waals surface area contributed by atoms with E-state index in [1.807, 2.05) is 0 Å². The molecule has 0 aliphatic heterocycles. The fraction of sp³-hybridized carbons (Fsp3) is 0. The molecular formula is C4H2N4O2. The van der Waals surface area contributed by atoms with Crippen molar-refractivity contribution in [2.24, 2.45) is 0 Å². The van der Waals surface area contributed by atoms with Gasteiger partial charge in [0.15, 0.2) is 0 Å². The van der Waals surface area contributed by atoms with Crippen LogP contribution in [0.2, 0.25) is 0 Å². The van der Waals surface area contributed by atoms with Crippen LogP contribution >= 0.6 is 0 Å². The maximum atomic E-state index is 4.63. The Hall–Kier alpha value is -1.72. The van der Waals surface area contributed by atoms with Gasteiger partial charge in [0, 0.05) is 5.27 Å². The van der Waals surface area contributed by atoms with Gasteiger partial charge in [0.2, 0.25) is 18.0 Å². The molecule has 0 bridgehead atoms. The van der Waals surface area contributed by atoms with Gasteiger partial charge in [-0.3, -0.25) is 0 Å². The van der Waals surface area contributed by atoms with Crippen LogP contribution in [0.1, 0.15) is 0 Å². The van der Waals surface area contributed by atoms with Crippen molar-refractivity contribution in [3.8, 4) is 11.6 Å². The molecule has 0 atom stereocenters. The number of nitrogens with zero attached hydrogens (tertiary/aromatic N) is 4. The highest BCUT2D eigenvalue weighted by molar-refractivity contribution is 5.41. The van der Waals surface area contributed by atoms with Gasteiger partial charge in [-0.1, -0.05) is 5.16 Å². The van der Waals surface area contributed by atoms with Crippen molar-refractivity contribution in [3.05, 3.63) is 12.6 Å². The fourth-order valence-corrected chi connectivity index (χ4v) is 0.545. The normalized spacial score (nSPS) is 10.0. The van der Waals surface area contributed by atoms with E-state index in [-0.39, 0.29) is 0 Å². The van der Waals surface area contributed by atoms with Crippen LogP contribution in [-0.4, -0.2) is 20.5 Å². The molecule has 50 valence electrons. The molecule has 0 N–H and O–H groups in total. The van der Waals surface area contributed by atoms with Crippen LogP contribution in [0.4, 0.5) is 0 Å². The molecule has 10 heavy (non-hydrogen) atoms. The summed E-state index contributed by atoms with van der Waals surface area (Å²) in [6, 6.07) is 0. The zero-order chi connectivity index (χ0) is 6.81. The third-order valence-corrected chi connectivity index (χ3v) is 0.943. The van der Waals surface area contributed by atoms with E-state index in [1.54, 1.807) is 0 Å².